The van der Waals surface area contributed by atoms with Gasteiger partial charge in [-0.05, 0) is 47.5 Å². The molecular formula is C29H27F2N5O3S. The Labute approximate surface area is 236 Å². The molecule has 11 heteroatoms. The largest absolute Gasteiger partial charge is 0.468 e. The lowest BCUT2D eigenvalue weighted by Gasteiger charge is -2.44. The molecule has 1 atom stereocenters. The van der Waals surface area contributed by atoms with E-state index in [4.69, 9.17) is 11.3 Å². The zero-order chi connectivity index (χ0) is 27.7. The number of rotatable bonds is 5. The Morgan fingerprint density at radius 2 is 1.62 bits per heavy atom. The highest BCUT2D eigenvalue weighted by Gasteiger charge is 2.39. The number of aromatic nitrogens is 2. The van der Waals surface area contributed by atoms with Gasteiger partial charge in [-0.25, -0.2) is 8.78 Å². The highest BCUT2D eigenvalue weighted by Crippen LogP contribution is 2.35. The van der Waals surface area contributed by atoms with Gasteiger partial charge in [-0.1, -0.05) is 30.8 Å². The maximum absolute atomic E-state index is 13.8. The third-order valence-electron chi connectivity index (χ3n) is 7.11. The van der Waals surface area contributed by atoms with E-state index in [1.165, 1.54) is 42.0 Å². The molecule has 2 aromatic heterocycles. The lowest BCUT2D eigenvalue weighted by Crippen LogP contribution is -2.58. The molecule has 1 saturated heterocycles. The molecule has 0 amide bonds. The van der Waals surface area contributed by atoms with Crippen molar-refractivity contribution in [2.75, 3.05) is 31.6 Å². The second-order valence-corrected chi connectivity index (χ2v) is 9.30. The summed E-state index contributed by atoms with van der Waals surface area (Å²) in [4.78, 5) is 37.7. The number of carbonyl (C=O) groups is 1. The van der Waals surface area contributed by atoms with Crippen molar-refractivity contribution in [2.45, 2.75) is 12.1 Å². The highest BCUT2D eigenvalue weighted by atomic mass is 32.1. The second-order valence-electron chi connectivity index (χ2n) is 9.30. The topological polar surface area (TPSA) is 72.0 Å². The summed E-state index contributed by atoms with van der Waals surface area (Å²) in [6.07, 6.45) is 0. The van der Waals surface area contributed by atoms with Gasteiger partial charge >= 0.3 is 5.97 Å². The van der Waals surface area contributed by atoms with Crippen LogP contribution in [-0.4, -0.2) is 53.2 Å². The van der Waals surface area contributed by atoms with Crippen LogP contribution >= 0.6 is 13.5 Å². The fraction of sp³-hybridized carbons (Fsp3) is 0.241. The first-order chi connectivity index (χ1) is 18.8. The van der Waals surface area contributed by atoms with Crippen LogP contribution in [0.4, 0.5) is 20.3 Å². The number of fused-ring (bicyclic) bond motifs is 1. The van der Waals surface area contributed by atoms with Gasteiger partial charge in [-0.15, -0.1) is 4.98 Å². The van der Waals surface area contributed by atoms with Crippen molar-refractivity contribution in [1.29, 1.82) is 0 Å². The molecule has 0 spiro atoms. The van der Waals surface area contributed by atoms with E-state index in [0.29, 0.717) is 29.8 Å². The summed E-state index contributed by atoms with van der Waals surface area (Å²) in [6.45, 7) is 8.31. The van der Waals surface area contributed by atoms with Crippen molar-refractivity contribution in [3.63, 3.8) is 0 Å². The van der Waals surface area contributed by atoms with Gasteiger partial charge < -0.3 is 19.0 Å². The quantitative estimate of drug-likeness (QED) is 0.266. The van der Waals surface area contributed by atoms with Crippen molar-refractivity contribution in [1.82, 2.24) is 14.5 Å². The molecule has 3 heterocycles. The normalized spacial score (nSPS) is 15.5. The summed E-state index contributed by atoms with van der Waals surface area (Å²) in [5.74, 6) is -1.08. The first-order valence-corrected chi connectivity index (χ1v) is 12.3. The number of pyridine rings is 2. The number of anilines is 1. The SMILES string of the molecule is S.[C-]#[N+]c1ccc2c(n1)c(N1CCN(C(c3ccc(F)cc3)c3ccc(F)cc3)C(C(=O)OC)C1)cc(=O)n2C. The lowest BCUT2D eigenvalue weighted by atomic mass is 9.94. The van der Waals surface area contributed by atoms with Gasteiger partial charge in [0.2, 0.25) is 5.52 Å². The molecule has 0 saturated carbocycles. The van der Waals surface area contributed by atoms with E-state index in [2.05, 4.69) is 9.83 Å². The molecule has 0 N–H and O–H groups in total. The Morgan fingerprint density at radius 3 is 2.17 bits per heavy atom. The van der Waals surface area contributed by atoms with Gasteiger partial charge in [0.1, 0.15) is 17.7 Å². The van der Waals surface area contributed by atoms with Crippen LogP contribution in [0.15, 0.2) is 71.5 Å². The molecule has 0 bridgehead atoms. The summed E-state index contributed by atoms with van der Waals surface area (Å²) < 4.78 is 34.2. The molecular weight excluding hydrogens is 536 g/mol. The lowest BCUT2D eigenvalue weighted by molar-refractivity contribution is -0.148. The number of hydrogen-bond donors (Lipinski definition) is 0. The molecule has 4 aromatic rings. The van der Waals surface area contributed by atoms with Gasteiger partial charge in [-0.3, -0.25) is 14.5 Å². The van der Waals surface area contributed by atoms with Crippen LogP contribution < -0.4 is 10.5 Å². The number of nitrogens with zero attached hydrogens (tertiary/aromatic N) is 5. The van der Waals surface area contributed by atoms with Crippen molar-refractivity contribution < 1.29 is 18.3 Å². The zero-order valence-electron chi connectivity index (χ0n) is 21.8. The van der Waals surface area contributed by atoms with Crippen molar-refractivity contribution >= 4 is 42.0 Å². The fourth-order valence-corrected chi connectivity index (χ4v) is 5.14. The summed E-state index contributed by atoms with van der Waals surface area (Å²) in [6, 6.07) is 15.4. The van der Waals surface area contributed by atoms with Crippen LogP contribution in [0.1, 0.15) is 17.2 Å². The first kappa shape index (κ1) is 28.7. The van der Waals surface area contributed by atoms with Gasteiger partial charge in [-0.2, -0.15) is 13.5 Å². The molecule has 5 rings (SSSR count). The average Bonchev–Trinajstić information content (AvgIpc) is 2.96. The predicted molar refractivity (Wildman–Crippen MR) is 153 cm³/mol. The van der Waals surface area contributed by atoms with E-state index in [0.717, 1.165) is 11.1 Å². The second kappa shape index (κ2) is 11.9. The fourth-order valence-electron chi connectivity index (χ4n) is 5.14. The molecule has 1 aliphatic rings. The Balaban J connectivity index is 0.00000370. The maximum Gasteiger partial charge on any atom is 0.324 e. The highest BCUT2D eigenvalue weighted by molar-refractivity contribution is 7.59. The number of esters is 1. The van der Waals surface area contributed by atoms with Crippen LogP contribution in [0.5, 0.6) is 0 Å². The minimum atomic E-state index is -0.785. The molecule has 1 unspecified atom stereocenters. The van der Waals surface area contributed by atoms with Crippen molar-refractivity contribution in [2.24, 2.45) is 7.05 Å². The average molecular weight is 564 g/mol. The third kappa shape index (κ3) is 5.41. The first-order valence-electron chi connectivity index (χ1n) is 12.3. The van der Waals surface area contributed by atoms with Crippen LogP contribution in [0.25, 0.3) is 15.9 Å². The molecule has 40 heavy (non-hydrogen) atoms. The Morgan fingerprint density at radius 1 is 1.02 bits per heavy atom. The molecule has 2 aromatic carbocycles. The summed E-state index contributed by atoms with van der Waals surface area (Å²) in [7, 11) is 2.94. The zero-order valence-corrected chi connectivity index (χ0v) is 22.8. The standard InChI is InChI=1S/C29H25F2N5O3.H2S/c1-32-25-13-12-22-27(33-25)23(16-26(37)34(22)2)35-14-15-36(24(17-35)29(38)39-3)28(18-4-8-20(30)9-5-18)19-6-10-21(31)11-7-19;/h4-13,16,24,28H,14-15,17H2,2-3H3;1H2. The third-order valence-corrected chi connectivity index (χ3v) is 7.11. The minimum absolute atomic E-state index is 0. The molecule has 8 nitrogen and oxygen atoms in total. The molecule has 0 aliphatic carbocycles. The molecule has 0 radical (unpaired) electrons. The Bertz CT molecular complexity index is 1590. The van der Waals surface area contributed by atoms with Crippen LogP contribution in [0, 0.1) is 18.2 Å². The Hall–Kier alpha value is -4.27. The summed E-state index contributed by atoms with van der Waals surface area (Å²) in [5, 5.41) is 0. The number of halogens is 2. The molecule has 1 aliphatic heterocycles. The predicted octanol–water partition coefficient (Wildman–Crippen LogP) is 4.33. The van der Waals surface area contributed by atoms with E-state index in [9.17, 15) is 18.4 Å². The number of hydrogen-bond acceptors (Lipinski definition) is 6. The number of carbonyl (C=O) groups excluding carboxylic acids is 1. The molecule has 206 valence electrons. The number of ether oxygens (including phenoxy) is 1. The van der Waals surface area contributed by atoms with Gasteiger partial charge in [0.25, 0.3) is 11.4 Å². The summed E-state index contributed by atoms with van der Waals surface area (Å²) >= 11 is 0. The summed E-state index contributed by atoms with van der Waals surface area (Å²) in [5.41, 5.74) is 2.78. The van der Waals surface area contributed by atoms with Gasteiger partial charge in [0.05, 0.1) is 24.4 Å². The van der Waals surface area contributed by atoms with E-state index in [1.54, 1.807) is 43.4 Å². The number of aryl methyl sites for hydroxylation is 1. The van der Waals surface area contributed by atoms with Gasteiger partial charge in [0.15, 0.2) is 0 Å². The van der Waals surface area contributed by atoms with E-state index in [-0.39, 0.29) is 31.4 Å². The van der Waals surface area contributed by atoms with Gasteiger partial charge in [0, 0.05) is 32.7 Å². The smallest absolute Gasteiger partial charge is 0.324 e. The Kier molecular flexibility index (Phi) is 8.52. The van der Waals surface area contributed by atoms with Crippen LogP contribution in [0.2, 0.25) is 0 Å². The minimum Gasteiger partial charge on any atom is -0.468 e. The van der Waals surface area contributed by atoms with E-state index in [1.807, 2.05) is 9.80 Å². The van der Waals surface area contributed by atoms with Crippen LogP contribution in [0.3, 0.4) is 0 Å². The van der Waals surface area contributed by atoms with Crippen molar-refractivity contribution in [3.05, 3.63) is 111 Å². The number of benzene rings is 2. The molecule has 1 fully saturated rings. The van der Waals surface area contributed by atoms with E-state index < -0.39 is 29.7 Å². The van der Waals surface area contributed by atoms with Crippen LogP contribution in [-0.2, 0) is 16.6 Å². The maximum atomic E-state index is 13.8. The monoisotopic (exact) mass is 563 g/mol. The number of methoxy groups -OCH3 is 1. The van der Waals surface area contributed by atoms with Crippen molar-refractivity contribution in [3.8, 4) is 0 Å². The van der Waals surface area contributed by atoms with E-state index >= 15 is 0 Å². The number of piperazine rings is 1.